The number of methoxy groups -OCH3 is 1. The van der Waals surface area contributed by atoms with Crippen LogP contribution in [0.5, 0.6) is 0 Å². The lowest BCUT2D eigenvalue weighted by Gasteiger charge is -2.21. The van der Waals surface area contributed by atoms with Crippen molar-refractivity contribution in [1.82, 2.24) is 14.7 Å². The second-order valence-corrected chi connectivity index (χ2v) is 7.41. The number of benzene rings is 2. The Kier molecular flexibility index (Phi) is 7.14. The lowest BCUT2D eigenvalue weighted by Crippen LogP contribution is -2.40. The van der Waals surface area contributed by atoms with E-state index in [2.05, 4.69) is 10.4 Å². The predicted octanol–water partition coefficient (Wildman–Crippen LogP) is 4.00. The van der Waals surface area contributed by atoms with Crippen LogP contribution in [-0.4, -0.2) is 53.3 Å². The van der Waals surface area contributed by atoms with E-state index < -0.39 is 11.8 Å². The molecule has 0 bridgehead atoms. The average molecular weight is 462 g/mol. The maximum Gasteiger partial charge on any atom is 0.290 e. The molecule has 4 rings (SSSR count). The minimum absolute atomic E-state index is 0.131. The zero-order chi connectivity index (χ0) is 23.9. The molecule has 0 aliphatic rings. The summed E-state index contributed by atoms with van der Waals surface area (Å²) in [5.74, 6) is -0.720. The molecule has 0 saturated carbocycles. The monoisotopic (exact) mass is 462 g/mol. The van der Waals surface area contributed by atoms with Gasteiger partial charge in [-0.15, -0.1) is 0 Å². The maximum absolute atomic E-state index is 13.5. The molecule has 0 radical (unpaired) electrons. The molecule has 0 aliphatic carbocycles. The largest absolute Gasteiger partial charge is 0.459 e. The number of carbonyl (C=O) groups excluding carboxylic acids is 2. The lowest BCUT2D eigenvalue weighted by molar-refractivity contribution is -0.117. The van der Waals surface area contributed by atoms with Gasteiger partial charge in [0.2, 0.25) is 5.91 Å². The van der Waals surface area contributed by atoms with E-state index in [9.17, 15) is 14.0 Å². The molecule has 34 heavy (non-hydrogen) atoms. The highest BCUT2D eigenvalue weighted by Gasteiger charge is 2.22. The third-order valence-corrected chi connectivity index (χ3v) is 5.04. The summed E-state index contributed by atoms with van der Waals surface area (Å²) in [4.78, 5) is 27.1. The first kappa shape index (κ1) is 22.9. The van der Waals surface area contributed by atoms with Gasteiger partial charge >= 0.3 is 0 Å². The van der Waals surface area contributed by atoms with Crippen LogP contribution in [0.2, 0.25) is 0 Å². The molecule has 2 amide bonds. The number of nitrogens with zero attached hydrogens (tertiary/aromatic N) is 3. The van der Waals surface area contributed by atoms with Gasteiger partial charge in [0.25, 0.3) is 5.91 Å². The Balaban J connectivity index is 1.59. The van der Waals surface area contributed by atoms with Gasteiger partial charge in [0.05, 0.1) is 24.3 Å². The first-order valence-corrected chi connectivity index (χ1v) is 10.6. The molecule has 0 fully saturated rings. The van der Waals surface area contributed by atoms with Crippen molar-refractivity contribution < 1.29 is 23.1 Å². The molecular weight excluding hydrogens is 439 g/mol. The number of anilines is 1. The number of hydrogen-bond donors (Lipinski definition) is 1. The summed E-state index contributed by atoms with van der Waals surface area (Å²) in [5, 5.41) is 7.43. The molecule has 0 saturated heterocycles. The molecule has 2 aromatic heterocycles. The van der Waals surface area contributed by atoms with Crippen molar-refractivity contribution in [2.75, 3.05) is 32.1 Å². The normalized spacial score (nSPS) is 10.8. The SMILES string of the molecule is COCCN(CC(=O)Nc1cc(-c2ccccc2)nn1-c1ccc(F)cc1)C(=O)c1ccco1. The summed E-state index contributed by atoms with van der Waals surface area (Å²) >= 11 is 0. The zero-order valence-electron chi connectivity index (χ0n) is 18.5. The fourth-order valence-electron chi connectivity index (χ4n) is 3.36. The van der Waals surface area contributed by atoms with Gasteiger partial charge in [-0.1, -0.05) is 30.3 Å². The van der Waals surface area contributed by atoms with Crippen LogP contribution in [0.15, 0.2) is 83.5 Å². The number of rotatable bonds is 9. The van der Waals surface area contributed by atoms with Crippen LogP contribution >= 0.6 is 0 Å². The molecule has 0 aliphatic heterocycles. The second-order valence-electron chi connectivity index (χ2n) is 7.41. The minimum atomic E-state index is -0.432. The molecule has 8 nitrogen and oxygen atoms in total. The van der Waals surface area contributed by atoms with Crippen LogP contribution in [0.3, 0.4) is 0 Å². The molecule has 0 spiro atoms. The van der Waals surface area contributed by atoms with Crippen LogP contribution in [0.1, 0.15) is 10.6 Å². The van der Waals surface area contributed by atoms with Crippen molar-refractivity contribution in [2.45, 2.75) is 0 Å². The van der Waals surface area contributed by atoms with Crippen molar-refractivity contribution in [3.05, 3.63) is 90.6 Å². The topological polar surface area (TPSA) is 89.6 Å². The van der Waals surface area contributed by atoms with Gasteiger partial charge in [0.15, 0.2) is 5.76 Å². The van der Waals surface area contributed by atoms with E-state index in [4.69, 9.17) is 9.15 Å². The van der Waals surface area contributed by atoms with Gasteiger partial charge in [-0.2, -0.15) is 5.10 Å². The summed E-state index contributed by atoms with van der Waals surface area (Å²) in [5.41, 5.74) is 2.05. The third kappa shape index (κ3) is 5.38. The second kappa shape index (κ2) is 10.6. The fraction of sp³-hybridized carbons (Fsp3) is 0.160. The predicted molar refractivity (Wildman–Crippen MR) is 124 cm³/mol. The number of aromatic nitrogens is 2. The highest BCUT2D eigenvalue weighted by molar-refractivity contribution is 5.98. The number of halogens is 1. The van der Waals surface area contributed by atoms with E-state index in [-0.39, 0.29) is 31.3 Å². The molecular formula is C25H23FN4O4. The highest BCUT2D eigenvalue weighted by atomic mass is 19.1. The van der Waals surface area contributed by atoms with Gasteiger partial charge in [0.1, 0.15) is 18.2 Å². The molecule has 9 heteroatoms. The van der Waals surface area contributed by atoms with Crippen molar-refractivity contribution in [1.29, 1.82) is 0 Å². The van der Waals surface area contributed by atoms with Crippen LogP contribution in [0.4, 0.5) is 10.2 Å². The number of ether oxygens (including phenoxy) is 1. The van der Waals surface area contributed by atoms with E-state index in [0.717, 1.165) is 5.56 Å². The summed E-state index contributed by atoms with van der Waals surface area (Å²) < 4.78 is 25.3. The van der Waals surface area contributed by atoms with E-state index in [1.54, 1.807) is 24.3 Å². The maximum atomic E-state index is 13.5. The number of nitrogens with one attached hydrogen (secondary N) is 1. The van der Waals surface area contributed by atoms with E-state index in [1.165, 1.54) is 41.2 Å². The Morgan fingerprint density at radius 1 is 1.09 bits per heavy atom. The summed E-state index contributed by atoms with van der Waals surface area (Å²) in [7, 11) is 1.52. The fourth-order valence-corrected chi connectivity index (χ4v) is 3.36. The summed E-state index contributed by atoms with van der Waals surface area (Å²) in [6, 6.07) is 20.1. The molecule has 174 valence electrons. The van der Waals surface area contributed by atoms with Crippen molar-refractivity contribution >= 4 is 17.6 Å². The smallest absolute Gasteiger partial charge is 0.290 e. The van der Waals surface area contributed by atoms with Gasteiger partial charge in [-0.3, -0.25) is 9.59 Å². The first-order chi connectivity index (χ1) is 16.5. The standard InChI is InChI=1S/C25H23FN4O4/c1-33-15-13-29(25(32)22-8-5-14-34-22)17-24(31)27-23-16-21(18-6-3-2-4-7-18)28-30(23)20-11-9-19(26)10-12-20/h2-12,14,16H,13,15,17H2,1H3,(H,27,31). The number of furan rings is 1. The third-order valence-electron chi connectivity index (χ3n) is 5.04. The molecule has 2 aromatic carbocycles. The Labute approximate surface area is 195 Å². The number of hydrogen-bond acceptors (Lipinski definition) is 5. The van der Waals surface area contributed by atoms with Crippen LogP contribution in [0, 0.1) is 5.82 Å². The quantitative estimate of drug-likeness (QED) is 0.406. The summed E-state index contributed by atoms with van der Waals surface area (Å²) in [6.07, 6.45) is 1.40. The van der Waals surface area contributed by atoms with E-state index in [1.807, 2.05) is 30.3 Å². The molecule has 0 atom stereocenters. The van der Waals surface area contributed by atoms with Gasteiger partial charge < -0.3 is 19.4 Å². The number of amides is 2. The van der Waals surface area contributed by atoms with Crippen LogP contribution in [0.25, 0.3) is 16.9 Å². The average Bonchev–Trinajstić information content (AvgIpc) is 3.53. The summed E-state index contributed by atoms with van der Waals surface area (Å²) in [6.45, 7) is 0.236. The Bertz CT molecular complexity index is 1240. The lowest BCUT2D eigenvalue weighted by atomic mass is 10.1. The van der Waals surface area contributed by atoms with Gasteiger partial charge in [-0.25, -0.2) is 9.07 Å². The van der Waals surface area contributed by atoms with E-state index in [0.29, 0.717) is 17.2 Å². The zero-order valence-corrected chi connectivity index (χ0v) is 18.5. The first-order valence-electron chi connectivity index (χ1n) is 10.6. The van der Waals surface area contributed by atoms with Crippen molar-refractivity contribution in [2.24, 2.45) is 0 Å². The van der Waals surface area contributed by atoms with Gasteiger partial charge in [-0.05, 0) is 36.4 Å². The van der Waals surface area contributed by atoms with Crippen LogP contribution in [-0.2, 0) is 9.53 Å². The highest BCUT2D eigenvalue weighted by Crippen LogP contribution is 2.25. The molecule has 0 unspecified atom stereocenters. The van der Waals surface area contributed by atoms with Crippen molar-refractivity contribution in [3.63, 3.8) is 0 Å². The Hall–Kier alpha value is -4.24. The van der Waals surface area contributed by atoms with Crippen LogP contribution < -0.4 is 5.32 Å². The molecule has 1 N–H and O–H groups in total. The minimum Gasteiger partial charge on any atom is -0.459 e. The molecule has 2 heterocycles. The Morgan fingerprint density at radius 3 is 2.53 bits per heavy atom. The Morgan fingerprint density at radius 2 is 1.85 bits per heavy atom. The molecule has 4 aromatic rings. The van der Waals surface area contributed by atoms with E-state index >= 15 is 0 Å². The van der Waals surface area contributed by atoms with Crippen molar-refractivity contribution in [3.8, 4) is 16.9 Å². The van der Waals surface area contributed by atoms with Gasteiger partial charge in [0, 0.05) is 25.3 Å². The number of carbonyl (C=O) groups is 2.